The first-order chi connectivity index (χ1) is 17.5. The monoisotopic (exact) mass is 527 g/mol. The Labute approximate surface area is 217 Å². The molecule has 1 aliphatic rings. The molecule has 3 aromatic rings. The van der Waals surface area contributed by atoms with Gasteiger partial charge in [0, 0.05) is 36.6 Å². The SMILES string of the molecule is Cc1cc(N=S2(=O)CCCC2)cc2ncnc(Nc3ccc(F)cc3O[C@H](C)C(=O)N(C)CC(C)C)c12. The van der Waals surface area contributed by atoms with Crippen LogP contribution in [0.15, 0.2) is 41.0 Å². The van der Waals surface area contributed by atoms with Gasteiger partial charge in [0.2, 0.25) is 0 Å². The molecule has 10 heteroatoms. The first-order valence-electron chi connectivity index (χ1n) is 12.5. The first-order valence-corrected chi connectivity index (χ1v) is 14.4. The number of hydrogen-bond donors (Lipinski definition) is 1. The van der Waals surface area contributed by atoms with Crippen LogP contribution in [0.1, 0.15) is 39.2 Å². The molecule has 1 aliphatic heterocycles. The fourth-order valence-electron chi connectivity index (χ4n) is 4.57. The molecule has 1 atom stereocenters. The smallest absolute Gasteiger partial charge is 0.263 e. The Morgan fingerprint density at radius 1 is 1.19 bits per heavy atom. The number of benzene rings is 2. The second-order valence-corrected chi connectivity index (χ2v) is 12.5. The maximum absolute atomic E-state index is 14.2. The van der Waals surface area contributed by atoms with Crippen LogP contribution in [0, 0.1) is 18.7 Å². The molecule has 198 valence electrons. The number of aromatic nitrogens is 2. The molecule has 0 unspecified atom stereocenters. The van der Waals surface area contributed by atoms with Crippen LogP contribution in [0.3, 0.4) is 0 Å². The topological polar surface area (TPSA) is 96.8 Å². The minimum Gasteiger partial charge on any atom is -0.479 e. The van der Waals surface area contributed by atoms with E-state index in [1.54, 1.807) is 24.9 Å². The predicted octanol–water partition coefficient (Wildman–Crippen LogP) is 5.60. The average Bonchev–Trinajstić information content (AvgIpc) is 3.25. The van der Waals surface area contributed by atoms with Gasteiger partial charge in [0.15, 0.2) is 6.10 Å². The molecular weight excluding hydrogens is 493 g/mol. The van der Waals surface area contributed by atoms with Gasteiger partial charge in [0.25, 0.3) is 5.91 Å². The standard InChI is InChI=1S/C27H34FN5O3S/c1-17(2)15-33(5)27(34)19(4)36-24-13-20(28)8-9-22(24)31-26-25-18(3)12-21(14-23(25)29-16-30-26)32-37(35)10-6-7-11-37/h8-9,12-14,16-17,19H,6-7,10-11,15H2,1-5H3,(H,29,30,31)/t19-/m1/s1. The highest BCUT2D eigenvalue weighted by molar-refractivity contribution is 7.93. The van der Waals surface area contributed by atoms with Crippen molar-refractivity contribution in [3.63, 3.8) is 0 Å². The van der Waals surface area contributed by atoms with Gasteiger partial charge >= 0.3 is 0 Å². The minimum atomic E-state index is -2.21. The average molecular weight is 528 g/mol. The molecule has 0 saturated carbocycles. The Balaban J connectivity index is 1.64. The summed E-state index contributed by atoms with van der Waals surface area (Å²) in [5.41, 5.74) is 2.63. The second kappa shape index (κ2) is 11.0. The maximum atomic E-state index is 14.2. The second-order valence-electron chi connectivity index (χ2n) is 10.00. The van der Waals surface area contributed by atoms with E-state index >= 15 is 0 Å². The molecule has 0 aliphatic carbocycles. The molecule has 1 amide bonds. The summed E-state index contributed by atoms with van der Waals surface area (Å²) in [5.74, 6) is 1.61. The molecule has 2 heterocycles. The van der Waals surface area contributed by atoms with Gasteiger partial charge in [0.05, 0.1) is 26.6 Å². The summed E-state index contributed by atoms with van der Waals surface area (Å²) in [6.45, 7) is 8.23. The number of aryl methyl sites for hydroxylation is 1. The molecule has 0 spiro atoms. The normalized spacial score (nSPS) is 15.5. The molecule has 1 N–H and O–H groups in total. The highest BCUT2D eigenvalue weighted by Crippen LogP contribution is 2.34. The van der Waals surface area contributed by atoms with E-state index in [4.69, 9.17) is 4.74 Å². The van der Waals surface area contributed by atoms with Crippen LogP contribution < -0.4 is 10.1 Å². The van der Waals surface area contributed by atoms with E-state index in [0.717, 1.165) is 23.8 Å². The van der Waals surface area contributed by atoms with Gasteiger partial charge in [0.1, 0.15) is 23.7 Å². The minimum absolute atomic E-state index is 0.191. The molecule has 1 saturated heterocycles. The number of hydrogen-bond acceptors (Lipinski definition) is 7. The number of amides is 1. The molecule has 0 radical (unpaired) electrons. The third-order valence-corrected chi connectivity index (χ3v) is 8.63. The zero-order valence-electron chi connectivity index (χ0n) is 22.0. The third-order valence-electron chi connectivity index (χ3n) is 6.23. The number of carbonyl (C=O) groups excluding carboxylic acids is 1. The van der Waals surface area contributed by atoms with Crippen LogP contribution in [0.2, 0.25) is 0 Å². The lowest BCUT2D eigenvalue weighted by Gasteiger charge is -2.24. The van der Waals surface area contributed by atoms with Crippen molar-refractivity contribution in [3.8, 4) is 5.75 Å². The van der Waals surface area contributed by atoms with Gasteiger partial charge in [-0.15, -0.1) is 0 Å². The molecule has 1 aromatic heterocycles. The van der Waals surface area contributed by atoms with Gasteiger partial charge in [-0.3, -0.25) is 4.79 Å². The third kappa shape index (κ3) is 6.36. The first kappa shape index (κ1) is 26.8. The van der Waals surface area contributed by atoms with E-state index in [-0.39, 0.29) is 11.7 Å². The summed E-state index contributed by atoms with van der Waals surface area (Å²) in [6, 6.07) is 7.82. The molecular formula is C27H34FN5O3S. The lowest BCUT2D eigenvalue weighted by Crippen LogP contribution is -2.39. The van der Waals surface area contributed by atoms with E-state index in [1.807, 2.05) is 32.9 Å². The van der Waals surface area contributed by atoms with Crippen LogP contribution in [0.5, 0.6) is 5.75 Å². The number of nitrogens with zero attached hydrogens (tertiary/aromatic N) is 4. The van der Waals surface area contributed by atoms with Gasteiger partial charge < -0.3 is 15.0 Å². The fraction of sp³-hybridized carbons (Fsp3) is 0.444. The molecule has 1 fully saturated rings. The van der Waals surface area contributed by atoms with E-state index in [1.165, 1.54) is 18.5 Å². The summed E-state index contributed by atoms with van der Waals surface area (Å²) in [6.07, 6.45) is 2.49. The van der Waals surface area contributed by atoms with Gasteiger partial charge in [-0.2, -0.15) is 4.36 Å². The van der Waals surface area contributed by atoms with Gasteiger partial charge in [-0.1, -0.05) is 13.8 Å². The number of likely N-dealkylation sites (N-methyl/N-ethyl adjacent to an activating group) is 1. The van der Waals surface area contributed by atoms with Crippen molar-refractivity contribution < 1.29 is 18.1 Å². The maximum Gasteiger partial charge on any atom is 0.263 e. The highest BCUT2D eigenvalue weighted by Gasteiger charge is 2.22. The Kier molecular flexibility index (Phi) is 7.96. The Bertz CT molecular complexity index is 1420. The summed E-state index contributed by atoms with van der Waals surface area (Å²) >= 11 is 0. The zero-order chi connectivity index (χ0) is 26.7. The largest absolute Gasteiger partial charge is 0.479 e. The lowest BCUT2D eigenvalue weighted by atomic mass is 10.1. The number of fused-ring (bicyclic) bond motifs is 1. The van der Waals surface area contributed by atoms with Crippen LogP contribution in [0.25, 0.3) is 10.9 Å². The Morgan fingerprint density at radius 2 is 1.92 bits per heavy atom. The van der Waals surface area contributed by atoms with Crippen molar-refractivity contribution in [1.82, 2.24) is 14.9 Å². The van der Waals surface area contributed by atoms with Crippen LogP contribution >= 0.6 is 0 Å². The number of nitrogens with one attached hydrogen (secondary N) is 1. The van der Waals surface area contributed by atoms with E-state index in [0.29, 0.717) is 46.7 Å². The molecule has 8 nitrogen and oxygen atoms in total. The van der Waals surface area contributed by atoms with E-state index < -0.39 is 21.7 Å². The van der Waals surface area contributed by atoms with Crippen molar-refractivity contribution in [2.45, 2.75) is 46.6 Å². The van der Waals surface area contributed by atoms with Gasteiger partial charge in [-0.05, 0) is 62.4 Å². The van der Waals surface area contributed by atoms with Crippen molar-refractivity contribution >= 4 is 43.7 Å². The molecule has 37 heavy (non-hydrogen) atoms. The van der Waals surface area contributed by atoms with Crippen LogP contribution in [0.4, 0.5) is 21.6 Å². The number of rotatable bonds is 8. The molecule has 4 rings (SSSR count). The summed E-state index contributed by atoms with van der Waals surface area (Å²) < 4.78 is 37.6. The molecule has 2 aromatic carbocycles. The number of halogens is 1. The van der Waals surface area contributed by atoms with Crippen molar-refractivity contribution in [2.75, 3.05) is 30.4 Å². The quantitative estimate of drug-likeness (QED) is 0.410. The Morgan fingerprint density at radius 3 is 2.62 bits per heavy atom. The number of ether oxygens (including phenoxy) is 1. The van der Waals surface area contributed by atoms with Crippen molar-refractivity contribution in [2.24, 2.45) is 10.3 Å². The predicted molar refractivity (Wildman–Crippen MR) is 146 cm³/mol. The van der Waals surface area contributed by atoms with Gasteiger partial charge in [-0.25, -0.2) is 18.6 Å². The molecule has 0 bridgehead atoms. The van der Waals surface area contributed by atoms with Crippen LogP contribution in [-0.2, 0) is 14.5 Å². The summed E-state index contributed by atoms with van der Waals surface area (Å²) in [4.78, 5) is 23.2. The highest BCUT2D eigenvalue weighted by atomic mass is 32.2. The summed E-state index contributed by atoms with van der Waals surface area (Å²) in [7, 11) is -0.481. The Hall–Kier alpha value is -3.27. The van der Waals surface area contributed by atoms with E-state index in [9.17, 15) is 13.4 Å². The lowest BCUT2D eigenvalue weighted by molar-refractivity contribution is -0.137. The number of carbonyl (C=O) groups is 1. The van der Waals surface area contributed by atoms with Crippen molar-refractivity contribution in [1.29, 1.82) is 0 Å². The number of anilines is 2. The van der Waals surface area contributed by atoms with Crippen molar-refractivity contribution in [3.05, 3.63) is 48.0 Å². The zero-order valence-corrected chi connectivity index (χ0v) is 22.8. The van der Waals surface area contributed by atoms with Crippen LogP contribution in [-0.4, -0.2) is 56.2 Å². The summed E-state index contributed by atoms with van der Waals surface area (Å²) in [5, 5.41) is 4.00. The van der Waals surface area contributed by atoms with E-state index in [2.05, 4.69) is 19.6 Å². The fourth-order valence-corrected chi connectivity index (χ4v) is 6.76.